The highest BCUT2D eigenvalue weighted by Gasteiger charge is 2.34. The average Bonchev–Trinajstić information content (AvgIpc) is 3.21. The Labute approximate surface area is 191 Å². The predicted octanol–water partition coefficient (Wildman–Crippen LogP) is 3.52. The molecule has 0 aliphatic carbocycles. The summed E-state index contributed by atoms with van der Waals surface area (Å²) in [5, 5.41) is 10.8. The number of ether oxygens (including phenoxy) is 1. The van der Waals surface area contributed by atoms with Gasteiger partial charge in [0.25, 0.3) is 16.4 Å². The number of fused-ring (bicyclic) bond motifs is 1. The molecule has 0 fully saturated rings. The van der Waals surface area contributed by atoms with Crippen LogP contribution in [0.4, 0.5) is 19.3 Å². The van der Waals surface area contributed by atoms with Crippen LogP contribution in [-0.4, -0.2) is 47.0 Å². The molecule has 1 aliphatic rings. The highest BCUT2D eigenvalue weighted by atomic mass is 32.2. The fourth-order valence-electron chi connectivity index (χ4n) is 3.71. The number of amides is 2. The van der Waals surface area contributed by atoms with E-state index in [4.69, 9.17) is 4.74 Å². The normalized spacial score (nSPS) is 15.6. The number of rotatable bonds is 7. The minimum atomic E-state index is -4.31. The van der Waals surface area contributed by atoms with Crippen LogP contribution in [0.15, 0.2) is 11.1 Å². The van der Waals surface area contributed by atoms with Crippen LogP contribution in [0.25, 0.3) is 0 Å². The Morgan fingerprint density at radius 1 is 1.24 bits per heavy atom. The maximum atomic E-state index is 13.1. The fourth-order valence-corrected chi connectivity index (χ4v) is 4.70. The predicted molar refractivity (Wildman–Crippen MR) is 117 cm³/mol. The molecule has 0 saturated heterocycles. The van der Waals surface area contributed by atoms with E-state index in [-0.39, 0.29) is 33.7 Å². The Morgan fingerprint density at radius 3 is 2.48 bits per heavy atom. The highest BCUT2D eigenvalue weighted by Crippen LogP contribution is 2.34. The first-order valence-electron chi connectivity index (χ1n) is 10.6. The minimum absolute atomic E-state index is 0.0603. The number of hydrogen-bond donors (Lipinski definition) is 2. The van der Waals surface area contributed by atoms with Gasteiger partial charge >= 0.3 is 6.03 Å². The summed E-state index contributed by atoms with van der Waals surface area (Å²) in [7, 11) is -4.31. The third kappa shape index (κ3) is 5.28. The topological polar surface area (TPSA) is 120 Å². The van der Waals surface area contributed by atoms with Crippen molar-refractivity contribution >= 4 is 21.7 Å². The molecule has 2 aromatic rings. The number of nitrogens with one attached hydrogen (secondary N) is 2. The van der Waals surface area contributed by atoms with Gasteiger partial charge < -0.3 is 10.1 Å². The lowest BCUT2D eigenvalue weighted by Gasteiger charge is -2.30. The zero-order chi connectivity index (χ0) is 24.7. The van der Waals surface area contributed by atoms with Crippen LogP contribution in [0, 0.1) is 5.41 Å². The second-order valence-corrected chi connectivity index (χ2v) is 11.2. The molecule has 0 unspecified atom stereocenters. The molecule has 1 aliphatic heterocycles. The largest absolute Gasteiger partial charge is 0.476 e. The molecule has 2 amide bonds. The number of sulfonamides is 1. The van der Waals surface area contributed by atoms with Crippen molar-refractivity contribution in [2.45, 2.75) is 77.8 Å². The molecule has 0 saturated carbocycles. The first-order chi connectivity index (χ1) is 15.2. The van der Waals surface area contributed by atoms with Crippen molar-refractivity contribution in [3.63, 3.8) is 0 Å². The lowest BCUT2D eigenvalue weighted by Crippen LogP contribution is -2.36. The summed E-state index contributed by atoms with van der Waals surface area (Å²) in [6, 6.07) is -1.04. The van der Waals surface area contributed by atoms with E-state index in [9.17, 15) is 22.0 Å². The minimum Gasteiger partial charge on any atom is -0.476 e. The molecule has 0 atom stereocenters. The number of alkyl halides is 2. The number of carbonyl (C=O) groups excluding carboxylic acids is 1. The summed E-state index contributed by atoms with van der Waals surface area (Å²) in [4.78, 5) is 12.5. The van der Waals surface area contributed by atoms with Crippen molar-refractivity contribution < 1.29 is 26.7 Å². The maximum absolute atomic E-state index is 13.1. The third-order valence-corrected chi connectivity index (χ3v) is 6.43. The van der Waals surface area contributed by atoms with Crippen LogP contribution in [0.1, 0.15) is 64.8 Å². The lowest BCUT2D eigenvalue weighted by atomic mass is 9.94. The number of hydrogen-bond acceptors (Lipinski definition) is 6. The Kier molecular flexibility index (Phi) is 6.74. The quantitative estimate of drug-likeness (QED) is 0.615. The molecule has 184 valence electrons. The lowest BCUT2D eigenvalue weighted by molar-refractivity contribution is 0.0970. The van der Waals surface area contributed by atoms with Gasteiger partial charge in [0.15, 0.2) is 4.90 Å². The molecule has 3 heterocycles. The SMILES string of the molecule is CC(C)c1nn(CC(F)F)c(C(C)C)c1NC(=O)NS(=O)(=O)c1cnn2c1OCC(C)(C)C2. The van der Waals surface area contributed by atoms with E-state index in [1.807, 2.05) is 18.6 Å². The summed E-state index contributed by atoms with van der Waals surface area (Å²) < 4.78 is 62.1. The number of aromatic nitrogens is 4. The van der Waals surface area contributed by atoms with E-state index in [1.54, 1.807) is 27.7 Å². The van der Waals surface area contributed by atoms with Crippen LogP contribution < -0.4 is 14.8 Å². The molecule has 33 heavy (non-hydrogen) atoms. The van der Waals surface area contributed by atoms with Crippen LogP contribution in [0.3, 0.4) is 0 Å². The van der Waals surface area contributed by atoms with E-state index >= 15 is 0 Å². The Hall–Kier alpha value is -2.70. The standard InChI is InChI=1S/C20H30F2N6O4S/c1-11(2)15-16(17(12(3)4)27(25-15)8-14(21)22)24-19(29)26-33(30,31)13-7-23-28-9-20(5,6)10-32-18(13)28/h7,11-12,14H,8-10H2,1-6H3,(H2,24,26,29). The average molecular weight is 489 g/mol. The zero-order valence-corrected chi connectivity index (χ0v) is 20.3. The van der Waals surface area contributed by atoms with Gasteiger partial charge in [0.1, 0.15) is 6.54 Å². The Morgan fingerprint density at radius 2 is 1.91 bits per heavy atom. The monoisotopic (exact) mass is 488 g/mol. The number of anilines is 1. The molecular weight excluding hydrogens is 458 g/mol. The van der Waals surface area contributed by atoms with Crippen LogP contribution in [-0.2, 0) is 23.1 Å². The summed E-state index contributed by atoms with van der Waals surface area (Å²) in [5.41, 5.74) is 0.785. The molecule has 3 rings (SSSR count). The fraction of sp³-hybridized carbons (Fsp3) is 0.650. The van der Waals surface area contributed by atoms with Crippen LogP contribution in [0.2, 0.25) is 0 Å². The van der Waals surface area contributed by atoms with E-state index in [0.717, 1.165) is 6.20 Å². The smallest absolute Gasteiger partial charge is 0.333 e. The molecule has 2 N–H and O–H groups in total. The van der Waals surface area contributed by atoms with Crippen molar-refractivity contribution in [1.29, 1.82) is 0 Å². The first kappa shape index (κ1) is 24.9. The van der Waals surface area contributed by atoms with Gasteiger partial charge in [0.05, 0.1) is 36.4 Å². The molecule has 0 radical (unpaired) electrons. The van der Waals surface area contributed by atoms with Gasteiger partial charge in [0, 0.05) is 5.41 Å². The van der Waals surface area contributed by atoms with Crippen LogP contribution in [0.5, 0.6) is 5.88 Å². The number of nitrogens with zero attached hydrogens (tertiary/aromatic N) is 4. The molecule has 2 aromatic heterocycles. The second kappa shape index (κ2) is 8.92. The highest BCUT2D eigenvalue weighted by molar-refractivity contribution is 7.90. The summed E-state index contributed by atoms with van der Waals surface area (Å²) in [5.74, 6) is -0.395. The van der Waals surface area contributed by atoms with E-state index < -0.39 is 29.0 Å². The first-order valence-corrected chi connectivity index (χ1v) is 12.1. The Balaban J connectivity index is 1.88. The molecule has 0 bridgehead atoms. The maximum Gasteiger partial charge on any atom is 0.333 e. The number of carbonyl (C=O) groups is 1. The molecule has 10 nitrogen and oxygen atoms in total. The van der Waals surface area contributed by atoms with Crippen molar-refractivity contribution in [2.75, 3.05) is 11.9 Å². The second-order valence-electron chi connectivity index (χ2n) is 9.51. The number of halogens is 2. The van der Waals surface area contributed by atoms with Crippen molar-refractivity contribution in [2.24, 2.45) is 5.41 Å². The Bertz CT molecular complexity index is 1140. The van der Waals surface area contributed by atoms with Gasteiger partial charge in [-0.1, -0.05) is 41.5 Å². The summed E-state index contributed by atoms with van der Waals surface area (Å²) >= 11 is 0. The zero-order valence-electron chi connectivity index (χ0n) is 19.5. The van der Waals surface area contributed by atoms with Gasteiger partial charge in [-0.25, -0.2) is 31.4 Å². The third-order valence-electron chi connectivity index (χ3n) is 5.12. The van der Waals surface area contributed by atoms with Gasteiger partial charge in [-0.3, -0.25) is 4.68 Å². The van der Waals surface area contributed by atoms with Gasteiger partial charge in [0.2, 0.25) is 5.88 Å². The van der Waals surface area contributed by atoms with Gasteiger partial charge in [-0.05, 0) is 11.8 Å². The van der Waals surface area contributed by atoms with E-state index in [2.05, 4.69) is 15.5 Å². The molecule has 0 aromatic carbocycles. The van der Waals surface area contributed by atoms with E-state index in [1.165, 1.54) is 9.36 Å². The van der Waals surface area contributed by atoms with E-state index in [0.29, 0.717) is 24.5 Å². The summed E-state index contributed by atoms with van der Waals surface area (Å²) in [6.45, 7) is 11.2. The summed E-state index contributed by atoms with van der Waals surface area (Å²) in [6.07, 6.45) is -1.51. The van der Waals surface area contributed by atoms with Gasteiger partial charge in [-0.15, -0.1) is 0 Å². The molecule has 0 spiro atoms. The van der Waals surface area contributed by atoms with Crippen molar-refractivity contribution in [3.05, 3.63) is 17.6 Å². The molecular formula is C20H30F2N6O4S. The van der Waals surface area contributed by atoms with Gasteiger partial charge in [-0.2, -0.15) is 10.2 Å². The van der Waals surface area contributed by atoms with Crippen molar-refractivity contribution in [1.82, 2.24) is 24.3 Å². The van der Waals surface area contributed by atoms with Crippen molar-refractivity contribution in [3.8, 4) is 5.88 Å². The number of urea groups is 1. The van der Waals surface area contributed by atoms with Crippen LogP contribution >= 0.6 is 0 Å². The molecule has 13 heteroatoms.